The number of aryl methyl sites for hydroxylation is 1. The van der Waals surface area contributed by atoms with Gasteiger partial charge in [0, 0.05) is 24.0 Å². The lowest BCUT2D eigenvalue weighted by Gasteiger charge is -2.24. The molecule has 2 amide bonds. The highest BCUT2D eigenvalue weighted by molar-refractivity contribution is 7.89. The molecule has 3 rings (SSSR count). The number of amides is 2. The molecule has 1 aromatic heterocycles. The number of carbonyl (C=O) groups is 2. The molecule has 0 aliphatic carbocycles. The van der Waals surface area contributed by atoms with Crippen molar-refractivity contribution in [1.82, 2.24) is 14.9 Å². The number of thiophene rings is 1. The smallest absolute Gasteiger partial charge is 0.309 e. The van der Waals surface area contributed by atoms with Crippen molar-refractivity contribution < 1.29 is 18.0 Å². The molecule has 1 atom stereocenters. The lowest BCUT2D eigenvalue weighted by molar-refractivity contribution is -0.139. The Hall–Kier alpha value is -2.23. The van der Waals surface area contributed by atoms with Crippen LogP contribution in [-0.2, 0) is 26.2 Å². The molecule has 2 aromatic rings. The SMILES string of the molecule is Cc1ccc(S(=O)(=O)N2CCC[C@H]2CNC(=O)C(=O)NCc2cccs2)cc1. The van der Waals surface area contributed by atoms with E-state index in [1.165, 1.54) is 15.6 Å². The van der Waals surface area contributed by atoms with Gasteiger partial charge in [-0.1, -0.05) is 23.8 Å². The minimum atomic E-state index is -3.63. The molecule has 0 saturated carbocycles. The second-order valence-corrected chi connectivity index (χ2v) is 9.62. The van der Waals surface area contributed by atoms with E-state index in [2.05, 4.69) is 10.6 Å². The van der Waals surface area contributed by atoms with Crippen molar-refractivity contribution in [2.75, 3.05) is 13.1 Å². The van der Waals surface area contributed by atoms with Crippen LogP contribution in [0.4, 0.5) is 0 Å². The Morgan fingerprint density at radius 3 is 2.54 bits per heavy atom. The van der Waals surface area contributed by atoms with E-state index in [-0.39, 0.29) is 17.5 Å². The minimum absolute atomic E-state index is 0.107. The highest BCUT2D eigenvalue weighted by Crippen LogP contribution is 2.25. The normalized spacial score (nSPS) is 17.4. The van der Waals surface area contributed by atoms with E-state index in [4.69, 9.17) is 0 Å². The highest BCUT2D eigenvalue weighted by Gasteiger charge is 2.35. The van der Waals surface area contributed by atoms with Crippen LogP contribution in [0.15, 0.2) is 46.7 Å². The van der Waals surface area contributed by atoms with Crippen LogP contribution in [0.3, 0.4) is 0 Å². The number of sulfonamides is 1. The van der Waals surface area contributed by atoms with Gasteiger partial charge in [0.05, 0.1) is 11.4 Å². The Morgan fingerprint density at radius 1 is 1.14 bits per heavy atom. The monoisotopic (exact) mass is 421 g/mol. The lowest BCUT2D eigenvalue weighted by atomic mass is 10.2. The third-order valence-electron chi connectivity index (χ3n) is 4.66. The summed E-state index contributed by atoms with van der Waals surface area (Å²) < 4.78 is 27.2. The molecular formula is C19H23N3O4S2. The van der Waals surface area contributed by atoms with E-state index in [9.17, 15) is 18.0 Å². The first-order valence-corrected chi connectivity index (χ1v) is 11.4. The van der Waals surface area contributed by atoms with Crippen molar-refractivity contribution in [3.63, 3.8) is 0 Å². The van der Waals surface area contributed by atoms with E-state index in [0.717, 1.165) is 16.9 Å². The fraction of sp³-hybridized carbons (Fsp3) is 0.368. The molecule has 1 aliphatic rings. The van der Waals surface area contributed by atoms with Crippen molar-refractivity contribution in [3.8, 4) is 0 Å². The Bertz CT molecular complexity index is 925. The van der Waals surface area contributed by atoms with Gasteiger partial charge in [0.25, 0.3) is 0 Å². The van der Waals surface area contributed by atoms with Gasteiger partial charge in [-0.25, -0.2) is 8.42 Å². The summed E-state index contributed by atoms with van der Waals surface area (Å²) in [6, 6.07) is 10.1. The van der Waals surface area contributed by atoms with Gasteiger partial charge in [0.1, 0.15) is 0 Å². The Balaban J connectivity index is 1.56. The average molecular weight is 422 g/mol. The van der Waals surface area contributed by atoms with E-state index < -0.39 is 21.8 Å². The third-order valence-corrected chi connectivity index (χ3v) is 7.50. The Morgan fingerprint density at radius 2 is 1.86 bits per heavy atom. The molecule has 7 nitrogen and oxygen atoms in total. The quantitative estimate of drug-likeness (QED) is 0.693. The van der Waals surface area contributed by atoms with Crippen molar-refractivity contribution >= 4 is 33.2 Å². The lowest BCUT2D eigenvalue weighted by Crippen LogP contribution is -2.46. The zero-order chi connectivity index (χ0) is 20.1. The number of rotatable bonds is 6. The van der Waals surface area contributed by atoms with Crippen molar-refractivity contribution in [1.29, 1.82) is 0 Å². The summed E-state index contributed by atoms with van der Waals surface area (Å²) in [6.07, 6.45) is 1.36. The number of carbonyl (C=O) groups excluding carboxylic acids is 2. The van der Waals surface area contributed by atoms with Crippen LogP contribution in [0, 0.1) is 6.92 Å². The standard InChI is InChI=1S/C19H23N3O4S2/c1-14-6-8-17(9-7-14)28(25,26)22-10-2-4-15(22)12-20-18(23)19(24)21-13-16-5-3-11-27-16/h3,5-9,11,15H,2,4,10,12-13H2,1H3,(H,20,23)(H,21,24)/t15-/m0/s1. The first kappa shape index (κ1) is 20.5. The molecule has 150 valence electrons. The average Bonchev–Trinajstić information content (AvgIpc) is 3.36. The van der Waals surface area contributed by atoms with Gasteiger partial charge in [-0.3, -0.25) is 9.59 Å². The van der Waals surface area contributed by atoms with Crippen LogP contribution in [-0.4, -0.2) is 43.7 Å². The van der Waals surface area contributed by atoms with Gasteiger partial charge >= 0.3 is 11.8 Å². The second-order valence-electron chi connectivity index (χ2n) is 6.70. The van der Waals surface area contributed by atoms with E-state index in [0.29, 0.717) is 19.5 Å². The number of nitrogens with one attached hydrogen (secondary N) is 2. The fourth-order valence-electron chi connectivity index (χ4n) is 3.13. The van der Waals surface area contributed by atoms with Gasteiger partial charge < -0.3 is 10.6 Å². The molecule has 9 heteroatoms. The molecule has 2 N–H and O–H groups in total. The first-order chi connectivity index (χ1) is 13.4. The number of hydrogen-bond donors (Lipinski definition) is 2. The van der Waals surface area contributed by atoms with Gasteiger partial charge in [-0.05, 0) is 43.3 Å². The zero-order valence-corrected chi connectivity index (χ0v) is 17.2. The van der Waals surface area contributed by atoms with Crippen LogP contribution in [0.1, 0.15) is 23.3 Å². The molecule has 28 heavy (non-hydrogen) atoms. The van der Waals surface area contributed by atoms with Gasteiger partial charge in [0.15, 0.2) is 0 Å². The summed E-state index contributed by atoms with van der Waals surface area (Å²) in [5.74, 6) is -1.48. The van der Waals surface area contributed by atoms with Crippen molar-refractivity contribution in [2.45, 2.75) is 37.2 Å². The van der Waals surface area contributed by atoms with E-state index >= 15 is 0 Å². The van der Waals surface area contributed by atoms with E-state index in [1.54, 1.807) is 24.3 Å². The number of hydrogen-bond acceptors (Lipinski definition) is 5. The number of nitrogens with zero attached hydrogens (tertiary/aromatic N) is 1. The summed E-state index contributed by atoms with van der Waals surface area (Å²) in [5.41, 5.74) is 0.984. The molecule has 1 aliphatic heterocycles. The minimum Gasteiger partial charge on any atom is -0.346 e. The molecule has 1 aromatic carbocycles. The summed E-state index contributed by atoms with van der Waals surface area (Å²) in [4.78, 5) is 25.2. The van der Waals surface area contributed by atoms with Crippen LogP contribution in [0.25, 0.3) is 0 Å². The van der Waals surface area contributed by atoms with Crippen molar-refractivity contribution in [2.24, 2.45) is 0 Å². The molecule has 1 saturated heterocycles. The van der Waals surface area contributed by atoms with Crippen molar-refractivity contribution in [3.05, 3.63) is 52.2 Å². The molecular weight excluding hydrogens is 398 g/mol. The Kier molecular flexibility index (Phi) is 6.48. The topological polar surface area (TPSA) is 95.6 Å². The van der Waals surface area contributed by atoms with Gasteiger partial charge in [0.2, 0.25) is 10.0 Å². The summed E-state index contributed by atoms with van der Waals surface area (Å²) >= 11 is 1.49. The highest BCUT2D eigenvalue weighted by atomic mass is 32.2. The molecule has 2 heterocycles. The Labute approximate surface area is 168 Å². The summed E-state index contributed by atoms with van der Waals surface area (Å²) in [5, 5.41) is 7.02. The predicted molar refractivity (Wildman–Crippen MR) is 107 cm³/mol. The van der Waals surface area contributed by atoms with E-state index in [1.807, 2.05) is 24.4 Å². The van der Waals surface area contributed by atoms with Crippen LogP contribution in [0.2, 0.25) is 0 Å². The summed E-state index contributed by atoms with van der Waals surface area (Å²) in [7, 11) is -3.63. The van der Waals surface area contributed by atoms with Crippen LogP contribution >= 0.6 is 11.3 Å². The predicted octanol–water partition coefficient (Wildman–Crippen LogP) is 1.64. The largest absolute Gasteiger partial charge is 0.346 e. The molecule has 0 spiro atoms. The van der Waals surface area contributed by atoms with Gasteiger partial charge in [-0.2, -0.15) is 4.31 Å². The molecule has 0 radical (unpaired) electrons. The maximum Gasteiger partial charge on any atom is 0.309 e. The van der Waals surface area contributed by atoms with Gasteiger partial charge in [-0.15, -0.1) is 11.3 Å². The van der Waals surface area contributed by atoms with Crippen LogP contribution < -0.4 is 10.6 Å². The molecule has 0 unspecified atom stereocenters. The second kappa shape index (κ2) is 8.85. The first-order valence-electron chi connectivity index (χ1n) is 9.05. The maximum atomic E-state index is 12.9. The van der Waals surface area contributed by atoms with Crippen LogP contribution in [0.5, 0.6) is 0 Å². The molecule has 0 bridgehead atoms. The molecule has 1 fully saturated rings. The third kappa shape index (κ3) is 4.78. The summed E-state index contributed by atoms with van der Waals surface area (Å²) in [6.45, 7) is 2.70. The zero-order valence-electron chi connectivity index (χ0n) is 15.6. The fourth-order valence-corrected chi connectivity index (χ4v) is 5.46. The number of benzene rings is 1. The maximum absolute atomic E-state index is 12.9.